The average molecular weight is 647 g/mol. The normalized spacial score (nSPS) is 12.0. The molecule has 0 amide bonds. The summed E-state index contributed by atoms with van der Waals surface area (Å²) in [5, 5.41) is 4.91. The highest BCUT2D eigenvalue weighted by Crippen LogP contribution is 2.33. The lowest BCUT2D eigenvalue weighted by Crippen LogP contribution is -2.19. The SMILES string of the molecule is O=C(c1cnn2c1[nH]c1cc(Oc3cccc(F)c3F)ccc12)c1cc2c(Br)cccc2n1S(=O)(=O)c1ccccc1. The van der Waals surface area contributed by atoms with E-state index in [1.165, 1.54) is 41.0 Å². The van der Waals surface area contributed by atoms with Crippen molar-refractivity contribution < 1.29 is 26.7 Å². The van der Waals surface area contributed by atoms with Crippen molar-refractivity contribution >= 4 is 59.3 Å². The number of aromatic amines is 1. The highest BCUT2D eigenvalue weighted by atomic mass is 79.9. The molecule has 42 heavy (non-hydrogen) atoms. The first-order chi connectivity index (χ1) is 20.2. The van der Waals surface area contributed by atoms with E-state index in [2.05, 4.69) is 26.0 Å². The van der Waals surface area contributed by atoms with E-state index in [-0.39, 0.29) is 27.7 Å². The standard InChI is InChI=1S/C30H17BrF2N4O4S/c31-21-8-4-10-24-19(21)15-26(37(24)42(39,40)18-6-2-1-3-7-18)29(38)20-16-34-36-25-13-12-17(14-23(25)35-30(20)36)41-27-11-5-9-22(32)28(27)33/h1-16,35H. The molecule has 3 heterocycles. The molecule has 8 nitrogen and oxygen atoms in total. The highest BCUT2D eigenvalue weighted by molar-refractivity contribution is 9.10. The molecule has 0 unspecified atom stereocenters. The fraction of sp³-hybridized carbons (Fsp3) is 0. The van der Waals surface area contributed by atoms with Gasteiger partial charge in [0.2, 0.25) is 11.6 Å². The molecule has 1 N–H and O–H groups in total. The molecule has 0 atom stereocenters. The molecule has 0 saturated heterocycles. The molecule has 0 aliphatic carbocycles. The summed E-state index contributed by atoms with van der Waals surface area (Å²) in [6, 6.07) is 22.9. The number of hydrogen-bond donors (Lipinski definition) is 1. The number of fused-ring (bicyclic) bond motifs is 4. The number of halogens is 3. The van der Waals surface area contributed by atoms with Crippen molar-refractivity contribution in [1.82, 2.24) is 18.6 Å². The summed E-state index contributed by atoms with van der Waals surface area (Å²) in [7, 11) is -4.16. The van der Waals surface area contributed by atoms with Gasteiger partial charge in [-0.05, 0) is 54.6 Å². The number of carbonyl (C=O) groups is 1. The van der Waals surface area contributed by atoms with Crippen LogP contribution in [0, 0.1) is 11.6 Å². The predicted molar refractivity (Wildman–Crippen MR) is 156 cm³/mol. The zero-order valence-corrected chi connectivity index (χ0v) is 23.7. The summed E-state index contributed by atoms with van der Waals surface area (Å²) >= 11 is 3.47. The van der Waals surface area contributed by atoms with Crippen LogP contribution in [0.25, 0.3) is 27.6 Å². The van der Waals surface area contributed by atoms with Gasteiger partial charge in [0.1, 0.15) is 17.1 Å². The molecular weight excluding hydrogens is 630 g/mol. The zero-order valence-electron chi connectivity index (χ0n) is 21.3. The van der Waals surface area contributed by atoms with Gasteiger partial charge in [-0.2, -0.15) is 9.49 Å². The first kappa shape index (κ1) is 26.1. The number of nitrogens with zero attached hydrogens (tertiary/aromatic N) is 3. The molecule has 7 aromatic rings. The summed E-state index contributed by atoms with van der Waals surface area (Å²) in [5.74, 6) is -2.77. The maximum atomic E-state index is 14.1. The summed E-state index contributed by atoms with van der Waals surface area (Å²) in [6.45, 7) is 0. The van der Waals surface area contributed by atoms with E-state index >= 15 is 0 Å². The van der Waals surface area contributed by atoms with Gasteiger partial charge >= 0.3 is 0 Å². The van der Waals surface area contributed by atoms with Gasteiger partial charge in [0.15, 0.2) is 11.6 Å². The molecule has 4 aromatic carbocycles. The van der Waals surface area contributed by atoms with Crippen LogP contribution in [0.4, 0.5) is 8.78 Å². The zero-order chi connectivity index (χ0) is 29.2. The number of aromatic nitrogens is 4. The fourth-order valence-corrected chi connectivity index (χ4v) is 6.92. The van der Waals surface area contributed by atoms with Gasteiger partial charge in [-0.3, -0.25) is 4.79 Å². The van der Waals surface area contributed by atoms with Crippen molar-refractivity contribution in [2.24, 2.45) is 0 Å². The van der Waals surface area contributed by atoms with Gasteiger partial charge in [-0.15, -0.1) is 0 Å². The Morgan fingerprint density at radius 2 is 1.69 bits per heavy atom. The lowest BCUT2D eigenvalue weighted by molar-refractivity contribution is 0.103. The van der Waals surface area contributed by atoms with Crippen molar-refractivity contribution in [3.8, 4) is 11.5 Å². The van der Waals surface area contributed by atoms with Crippen LogP contribution in [0.15, 0.2) is 107 Å². The molecule has 0 aliphatic heterocycles. The molecule has 0 radical (unpaired) electrons. The van der Waals surface area contributed by atoms with E-state index < -0.39 is 27.4 Å². The number of ether oxygens (including phenoxy) is 1. The minimum absolute atomic E-state index is 0.0320. The van der Waals surface area contributed by atoms with Crippen molar-refractivity contribution in [2.45, 2.75) is 4.90 Å². The van der Waals surface area contributed by atoms with Crippen molar-refractivity contribution in [2.75, 3.05) is 0 Å². The summed E-state index contributed by atoms with van der Waals surface area (Å²) in [5.41, 5.74) is 1.80. The number of imidazole rings is 1. The summed E-state index contributed by atoms with van der Waals surface area (Å²) < 4.78 is 64.2. The minimum Gasteiger partial charge on any atom is -0.454 e. The fourth-order valence-electron chi connectivity index (χ4n) is 4.92. The first-order valence-corrected chi connectivity index (χ1v) is 14.7. The smallest absolute Gasteiger partial charge is 0.268 e. The predicted octanol–water partition coefficient (Wildman–Crippen LogP) is 7.07. The lowest BCUT2D eigenvalue weighted by atomic mass is 10.1. The Labute approximate surface area is 244 Å². The Hall–Kier alpha value is -4.81. The average Bonchev–Trinajstić information content (AvgIpc) is 3.68. The van der Waals surface area contributed by atoms with Gasteiger partial charge in [0, 0.05) is 15.9 Å². The number of ketones is 1. The maximum Gasteiger partial charge on any atom is 0.268 e. The summed E-state index contributed by atoms with van der Waals surface area (Å²) in [6.07, 6.45) is 1.37. The van der Waals surface area contributed by atoms with E-state index in [0.717, 1.165) is 10.0 Å². The molecule has 0 fully saturated rings. The third-order valence-electron chi connectivity index (χ3n) is 6.87. The van der Waals surface area contributed by atoms with Gasteiger partial charge < -0.3 is 9.72 Å². The number of H-pyrrole nitrogens is 1. The molecule has 7 rings (SSSR count). The van der Waals surface area contributed by atoms with E-state index in [1.807, 2.05) is 0 Å². The van der Waals surface area contributed by atoms with Gasteiger partial charge in [-0.1, -0.05) is 46.3 Å². The molecule has 208 valence electrons. The van der Waals surface area contributed by atoms with Gasteiger partial charge in [0.25, 0.3) is 10.0 Å². The van der Waals surface area contributed by atoms with Crippen LogP contribution in [0.3, 0.4) is 0 Å². The van der Waals surface area contributed by atoms with Gasteiger partial charge in [-0.25, -0.2) is 21.3 Å². The second-order valence-corrected chi connectivity index (χ2v) is 12.0. The largest absolute Gasteiger partial charge is 0.454 e. The Balaban J connectivity index is 1.36. The van der Waals surface area contributed by atoms with Gasteiger partial charge in [0.05, 0.1) is 33.2 Å². The molecule has 0 spiro atoms. The van der Waals surface area contributed by atoms with E-state index in [1.54, 1.807) is 54.6 Å². The number of nitrogens with one attached hydrogen (secondary N) is 1. The quantitative estimate of drug-likeness (QED) is 0.195. The number of rotatable bonds is 6. The topological polar surface area (TPSA) is 98.5 Å². The van der Waals surface area contributed by atoms with Crippen LogP contribution in [-0.4, -0.2) is 32.8 Å². The van der Waals surface area contributed by atoms with Crippen LogP contribution in [0.1, 0.15) is 16.1 Å². The highest BCUT2D eigenvalue weighted by Gasteiger charge is 2.29. The Bertz CT molecular complexity index is 2310. The molecule has 0 saturated carbocycles. The van der Waals surface area contributed by atoms with E-state index in [0.29, 0.717) is 32.1 Å². The monoisotopic (exact) mass is 646 g/mol. The molecule has 3 aromatic heterocycles. The van der Waals surface area contributed by atoms with Crippen LogP contribution >= 0.6 is 15.9 Å². The van der Waals surface area contributed by atoms with Crippen LogP contribution in [-0.2, 0) is 10.0 Å². The van der Waals surface area contributed by atoms with Crippen molar-refractivity contribution in [1.29, 1.82) is 0 Å². The summed E-state index contributed by atoms with van der Waals surface area (Å²) in [4.78, 5) is 17.2. The minimum atomic E-state index is -4.16. The van der Waals surface area contributed by atoms with Crippen LogP contribution in [0.2, 0.25) is 0 Å². The number of hydrogen-bond acceptors (Lipinski definition) is 5. The van der Waals surface area contributed by atoms with E-state index in [4.69, 9.17) is 4.74 Å². The van der Waals surface area contributed by atoms with E-state index in [9.17, 15) is 22.0 Å². The number of carbonyl (C=O) groups excluding carboxylic acids is 1. The Morgan fingerprint density at radius 3 is 2.50 bits per heavy atom. The number of benzene rings is 4. The van der Waals surface area contributed by atoms with Crippen molar-refractivity contribution in [3.63, 3.8) is 0 Å². The third kappa shape index (κ3) is 4.02. The lowest BCUT2D eigenvalue weighted by Gasteiger charge is -2.11. The van der Waals surface area contributed by atoms with Crippen LogP contribution < -0.4 is 4.74 Å². The first-order valence-electron chi connectivity index (χ1n) is 12.5. The molecule has 0 bridgehead atoms. The molecule has 12 heteroatoms. The van der Waals surface area contributed by atoms with Crippen LogP contribution in [0.5, 0.6) is 11.5 Å². The maximum absolute atomic E-state index is 14.1. The third-order valence-corrected chi connectivity index (χ3v) is 9.30. The van der Waals surface area contributed by atoms with Crippen molar-refractivity contribution in [3.05, 3.63) is 125 Å². The Kier molecular flexibility index (Phi) is 5.99. The Morgan fingerprint density at radius 1 is 0.905 bits per heavy atom. The molecule has 0 aliphatic rings. The molecular formula is C30H17BrF2N4O4S. The second-order valence-electron chi connectivity index (χ2n) is 9.39. The second kappa shape index (κ2) is 9.64.